The molecule has 1 aliphatic rings. The van der Waals surface area contributed by atoms with Gasteiger partial charge in [-0.1, -0.05) is 43.3 Å². The number of hydrogen-bond donors (Lipinski definition) is 1. The molecule has 0 radical (unpaired) electrons. The zero-order valence-electron chi connectivity index (χ0n) is 17.8. The minimum Gasteiger partial charge on any atom is -0.347 e. The van der Waals surface area contributed by atoms with Crippen LogP contribution < -0.4 is 5.32 Å². The number of para-hydroxylation sites is 1. The summed E-state index contributed by atoms with van der Waals surface area (Å²) >= 11 is 0. The van der Waals surface area contributed by atoms with Crippen LogP contribution in [0.25, 0.3) is 5.69 Å². The molecule has 1 N–H and O–H groups in total. The summed E-state index contributed by atoms with van der Waals surface area (Å²) in [5.74, 6) is -0.660. The highest BCUT2D eigenvalue weighted by Gasteiger charge is 2.17. The SMILES string of the molecule is CCN1CCN(Cc2ccccc2CNC(=O)c2ccn(-c3ccccc3F)n2)CC1. The first-order valence-corrected chi connectivity index (χ1v) is 10.7. The summed E-state index contributed by atoms with van der Waals surface area (Å²) in [6.45, 7) is 8.92. The quantitative estimate of drug-likeness (QED) is 0.637. The normalized spacial score (nSPS) is 15.2. The van der Waals surface area contributed by atoms with Gasteiger partial charge in [0.15, 0.2) is 5.69 Å². The lowest BCUT2D eigenvalue weighted by molar-refractivity contribution is 0.0945. The van der Waals surface area contributed by atoms with E-state index in [9.17, 15) is 9.18 Å². The van der Waals surface area contributed by atoms with E-state index in [0.29, 0.717) is 12.2 Å². The fraction of sp³-hybridized carbons (Fsp3) is 0.333. The molecule has 1 aliphatic heterocycles. The van der Waals surface area contributed by atoms with Crippen molar-refractivity contribution in [2.45, 2.75) is 20.0 Å². The molecule has 3 aromatic rings. The van der Waals surface area contributed by atoms with Crippen molar-refractivity contribution >= 4 is 5.91 Å². The number of likely N-dealkylation sites (N-methyl/N-ethyl adjacent to an activating group) is 1. The Labute approximate surface area is 182 Å². The number of aromatic nitrogens is 2. The lowest BCUT2D eigenvalue weighted by Gasteiger charge is -2.34. The van der Waals surface area contributed by atoms with Crippen molar-refractivity contribution in [3.05, 3.63) is 83.4 Å². The van der Waals surface area contributed by atoms with E-state index in [-0.39, 0.29) is 17.4 Å². The highest BCUT2D eigenvalue weighted by molar-refractivity contribution is 5.92. The lowest BCUT2D eigenvalue weighted by Crippen LogP contribution is -2.45. The Morgan fingerprint density at radius 3 is 2.39 bits per heavy atom. The summed E-state index contributed by atoms with van der Waals surface area (Å²) in [6.07, 6.45) is 1.59. The number of benzene rings is 2. The van der Waals surface area contributed by atoms with Crippen LogP contribution >= 0.6 is 0 Å². The summed E-state index contributed by atoms with van der Waals surface area (Å²) in [5, 5.41) is 7.19. The molecule has 0 unspecified atom stereocenters. The number of rotatable bonds is 7. The third-order valence-corrected chi connectivity index (χ3v) is 5.78. The molecule has 4 rings (SSSR count). The molecule has 2 aromatic carbocycles. The van der Waals surface area contributed by atoms with Crippen LogP contribution in [0.15, 0.2) is 60.8 Å². The van der Waals surface area contributed by atoms with Crippen LogP contribution in [-0.4, -0.2) is 58.2 Å². The monoisotopic (exact) mass is 421 g/mol. The fourth-order valence-electron chi connectivity index (χ4n) is 3.87. The van der Waals surface area contributed by atoms with Crippen molar-refractivity contribution in [1.82, 2.24) is 24.9 Å². The van der Waals surface area contributed by atoms with Gasteiger partial charge in [-0.25, -0.2) is 9.07 Å². The largest absolute Gasteiger partial charge is 0.347 e. The molecule has 0 saturated carbocycles. The van der Waals surface area contributed by atoms with Crippen molar-refractivity contribution in [2.75, 3.05) is 32.7 Å². The molecule has 1 saturated heterocycles. The highest BCUT2D eigenvalue weighted by Crippen LogP contribution is 2.15. The molecular weight excluding hydrogens is 393 g/mol. The molecule has 0 atom stereocenters. The molecule has 0 bridgehead atoms. The Morgan fingerprint density at radius 1 is 0.968 bits per heavy atom. The van der Waals surface area contributed by atoms with Gasteiger partial charge < -0.3 is 10.2 Å². The minimum atomic E-state index is -0.383. The summed E-state index contributed by atoms with van der Waals surface area (Å²) < 4.78 is 15.3. The van der Waals surface area contributed by atoms with Crippen LogP contribution in [0.1, 0.15) is 28.5 Å². The second-order valence-corrected chi connectivity index (χ2v) is 7.76. The minimum absolute atomic E-state index is 0.261. The maximum atomic E-state index is 14.0. The van der Waals surface area contributed by atoms with E-state index in [1.807, 2.05) is 12.1 Å². The van der Waals surface area contributed by atoms with E-state index < -0.39 is 0 Å². The van der Waals surface area contributed by atoms with Crippen LogP contribution in [0.4, 0.5) is 4.39 Å². The van der Waals surface area contributed by atoms with Crippen molar-refractivity contribution in [3.8, 4) is 5.69 Å². The second-order valence-electron chi connectivity index (χ2n) is 7.76. The summed E-state index contributed by atoms with van der Waals surface area (Å²) in [7, 11) is 0. The first-order chi connectivity index (χ1) is 15.1. The third kappa shape index (κ3) is 5.18. The number of halogens is 1. The molecule has 162 valence electrons. The van der Waals surface area contributed by atoms with E-state index in [1.54, 1.807) is 30.5 Å². The highest BCUT2D eigenvalue weighted by atomic mass is 19.1. The molecule has 1 aromatic heterocycles. The summed E-state index contributed by atoms with van der Waals surface area (Å²) in [6, 6.07) is 16.2. The van der Waals surface area contributed by atoms with Crippen molar-refractivity contribution in [1.29, 1.82) is 0 Å². The maximum Gasteiger partial charge on any atom is 0.272 e. The van der Waals surface area contributed by atoms with E-state index in [1.165, 1.54) is 16.3 Å². The first kappa shape index (κ1) is 21.2. The van der Waals surface area contributed by atoms with Gasteiger partial charge in [0, 0.05) is 45.5 Å². The summed E-state index contributed by atoms with van der Waals surface area (Å²) in [4.78, 5) is 17.5. The number of nitrogens with one attached hydrogen (secondary N) is 1. The molecule has 7 heteroatoms. The zero-order valence-corrected chi connectivity index (χ0v) is 17.8. The van der Waals surface area contributed by atoms with Crippen LogP contribution in [-0.2, 0) is 13.1 Å². The van der Waals surface area contributed by atoms with Crippen molar-refractivity contribution in [2.24, 2.45) is 0 Å². The fourth-order valence-corrected chi connectivity index (χ4v) is 3.87. The van der Waals surface area contributed by atoms with Gasteiger partial charge in [0.25, 0.3) is 5.91 Å². The molecule has 0 spiro atoms. The van der Waals surface area contributed by atoms with Gasteiger partial charge in [-0.2, -0.15) is 5.10 Å². The second kappa shape index (κ2) is 9.85. The van der Waals surface area contributed by atoms with Gasteiger partial charge >= 0.3 is 0 Å². The Bertz CT molecular complexity index is 1030. The van der Waals surface area contributed by atoms with Crippen LogP contribution in [0, 0.1) is 5.82 Å². The van der Waals surface area contributed by atoms with Crippen LogP contribution in [0.3, 0.4) is 0 Å². The van der Waals surface area contributed by atoms with E-state index in [0.717, 1.165) is 44.8 Å². The summed E-state index contributed by atoms with van der Waals surface area (Å²) in [5.41, 5.74) is 2.90. The van der Waals surface area contributed by atoms with Gasteiger partial charge in [-0.15, -0.1) is 0 Å². The average molecular weight is 422 g/mol. The standard InChI is InChI=1S/C24H28FN5O/c1-2-28-13-15-29(16-14-28)18-20-8-4-3-7-19(20)17-26-24(31)22-11-12-30(27-22)23-10-6-5-9-21(23)25/h3-12H,2,13-18H2,1H3,(H,26,31). The van der Waals surface area contributed by atoms with Gasteiger partial charge in [-0.3, -0.25) is 9.69 Å². The Balaban J connectivity index is 1.38. The number of piperazine rings is 1. The van der Waals surface area contributed by atoms with Crippen LogP contribution in [0.2, 0.25) is 0 Å². The third-order valence-electron chi connectivity index (χ3n) is 5.78. The number of nitrogens with zero attached hydrogens (tertiary/aromatic N) is 4. The zero-order chi connectivity index (χ0) is 21.6. The predicted octanol–water partition coefficient (Wildman–Crippen LogP) is 3.08. The number of hydrogen-bond acceptors (Lipinski definition) is 4. The Kier molecular flexibility index (Phi) is 6.74. The van der Waals surface area contributed by atoms with E-state index in [4.69, 9.17) is 0 Å². The lowest BCUT2D eigenvalue weighted by atomic mass is 10.1. The molecule has 6 nitrogen and oxygen atoms in total. The number of amides is 1. The molecular formula is C24H28FN5O. The van der Waals surface area contributed by atoms with Gasteiger partial charge in [0.2, 0.25) is 0 Å². The van der Waals surface area contributed by atoms with E-state index >= 15 is 0 Å². The smallest absolute Gasteiger partial charge is 0.272 e. The molecule has 0 aliphatic carbocycles. The topological polar surface area (TPSA) is 53.4 Å². The van der Waals surface area contributed by atoms with Gasteiger partial charge in [-0.05, 0) is 35.9 Å². The maximum absolute atomic E-state index is 14.0. The molecule has 1 amide bonds. The van der Waals surface area contributed by atoms with Gasteiger partial charge in [0.1, 0.15) is 11.5 Å². The van der Waals surface area contributed by atoms with E-state index in [2.05, 4.69) is 39.3 Å². The predicted molar refractivity (Wildman–Crippen MR) is 119 cm³/mol. The average Bonchev–Trinajstić information content (AvgIpc) is 3.29. The first-order valence-electron chi connectivity index (χ1n) is 10.7. The number of carbonyl (C=O) groups is 1. The Morgan fingerprint density at radius 2 is 1.65 bits per heavy atom. The Hall–Kier alpha value is -3.03. The molecule has 31 heavy (non-hydrogen) atoms. The number of carbonyl (C=O) groups excluding carboxylic acids is 1. The van der Waals surface area contributed by atoms with Crippen molar-refractivity contribution in [3.63, 3.8) is 0 Å². The molecule has 1 fully saturated rings. The molecule has 2 heterocycles. The van der Waals surface area contributed by atoms with Crippen LogP contribution in [0.5, 0.6) is 0 Å². The van der Waals surface area contributed by atoms with Gasteiger partial charge in [0.05, 0.1) is 0 Å². The van der Waals surface area contributed by atoms with Crippen molar-refractivity contribution < 1.29 is 9.18 Å².